The highest BCUT2D eigenvalue weighted by molar-refractivity contribution is 7.20. The van der Waals surface area contributed by atoms with Crippen LogP contribution in [0, 0.1) is 13.8 Å². The van der Waals surface area contributed by atoms with E-state index < -0.39 is 0 Å². The Morgan fingerprint density at radius 1 is 1.30 bits per heavy atom. The van der Waals surface area contributed by atoms with Crippen LogP contribution in [-0.4, -0.2) is 14.6 Å². The van der Waals surface area contributed by atoms with Crippen LogP contribution in [0.3, 0.4) is 0 Å². The van der Waals surface area contributed by atoms with Crippen LogP contribution in [0.25, 0.3) is 4.96 Å². The Hall–Kier alpha value is -2.21. The topological polar surface area (TPSA) is 59.3 Å². The average molecular weight is 286 g/mol. The second kappa shape index (κ2) is 5.05. The third-order valence-electron chi connectivity index (χ3n) is 3.06. The van der Waals surface area contributed by atoms with Gasteiger partial charge in [0, 0.05) is 18.3 Å². The molecule has 0 unspecified atom stereocenters. The molecule has 1 N–H and O–H groups in total. The van der Waals surface area contributed by atoms with Gasteiger partial charge in [-0.15, -0.1) is 5.10 Å². The van der Waals surface area contributed by atoms with Crippen LogP contribution in [0.15, 0.2) is 35.1 Å². The van der Waals surface area contributed by atoms with E-state index in [9.17, 15) is 4.79 Å². The molecule has 0 fully saturated rings. The fourth-order valence-electron chi connectivity index (χ4n) is 1.97. The normalized spacial score (nSPS) is 10.9. The maximum Gasteiger partial charge on any atom is 0.275 e. The molecule has 0 aliphatic carbocycles. The van der Waals surface area contributed by atoms with Gasteiger partial charge in [0.2, 0.25) is 10.1 Å². The van der Waals surface area contributed by atoms with Gasteiger partial charge in [-0.25, -0.2) is 4.98 Å². The smallest absolute Gasteiger partial charge is 0.275 e. The summed E-state index contributed by atoms with van der Waals surface area (Å²) in [5.41, 5.74) is 3.01. The molecule has 3 aromatic rings. The Bertz CT molecular complexity index is 821. The van der Waals surface area contributed by atoms with Gasteiger partial charge in [-0.1, -0.05) is 35.6 Å². The van der Waals surface area contributed by atoms with Crippen molar-refractivity contribution in [1.82, 2.24) is 14.6 Å². The third-order valence-corrected chi connectivity index (χ3v) is 3.93. The molecule has 3 rings (SSSR count). The van der Waals surface area contributed by atoms with Crippen LogP contribution < -0.4 is 10.9 Å². The summed E-state index contributed by atoms with van der Waals surface area (Å²) in [6.45, 7) is 4.56. The molecule has 0 saturated carbocycles. The number of benzene rings is 1. The molecular formula is C14H14N4OS. The summed E-state index contributed by atoms with van der Waals surface area (Å²) in [6.07, 6.45) is 0. The first kappa shape index (κ1) is 12.8. The van der Waals surface area contributed by atoms with E-state index in [1.165, 1.54) is 33.0 Å². The summed E-state index contributed by atoms with van der Waals surface area (Å²) in [6, 6.07) is 9.66. The molecule has 0 bridgehead atoms. The van der Waals surface area contributed by atoms with Gasteiger partial charge in [-0.3, -0.25) is 4.79 Å². The molecule has 2 aromatic heterocycles. The van der Waals surface area contributed by atoms with Crippen molar-refractivity contribution in [3.8, 4) is 0 Å². The van der Waals surface area contributed by atoms with E-state index in [4.69, 9.17) is 0 Å². The van der Waals surface area contributed by atoms with Gasteiger partial charge in [0.25, 0.3) is 5.56 Å². The molecule has 6 heteroatoms. The van der Waals surface area contributed by atoms with Gasteiger partial charge in [-0.2, -0.15) is 4.52 Å². The zero-order valence-electron chi connectivity index (χ0n) is 11.3. The SMILES string of the molecule is Cc1cc(=O)n2nc(NCc3ccccc3C)sc2n1. The average Bonchev–Trinajstić information content (AvgIpc) is 2.81. The number of hydrogen-bond donors (Lipinski definition) is 1. The van der Waals surface area contributed by atoms with Crippen LogP contribution in [0.1, 0.15) is 16.8 Å². The Balaban J connectivity index is 1.87. The molecule has 1 aromatic carbocycles. The fourth-order valence-corrected chi connectivity index (χ4v) is 2.82. The largest absolute Gasteiger partial charge is 0.356 e. The number of aryl methyl sites for hydroxylation is 2. The molecule has 0 atom stereocenters. The number of anilines is 1. The number of nitrogens with zero attached hydrogens (tertiary/aromatic N) is 3. The third kappa shape index (κ3) is 2.42. The lowest BCUT2D eigenvalue weighted by atomic mass is 10.1. The minimum Gasteiger partial charge on any atom is -0.356 e. The van der Waals surface area contributed by atoms with Crippen molar-refractivity contribution >= 4 is 21.4 Å². The van der Waals surface area contributed by atoms with E-state index >= 15 is 0 Å². The highest BCUT2D eigenvalue weighted by Gasteiger charge is 2.07. The molecule has 0 spiro atoms. The van der Waals surface area contributed by atoms with Gasteiger partial charge in [0.05, 0.1) is 0 Å². The van der Waals surface area contributed by atoms with E-state index in [-0.39, 0.29) is 5.56 Å². The second-order valence-corrected chi connectivity index (χ2v) is 5.57. The van der Waals surface area contributed by atoms with Crippen molar-refractivity contribution in [2.75, 3.05) is 5.32 Å². The first-order valence-corrected chi connectivity index (χ1v) is 7.11. The molecule has 0 radical (unpaired) electrons. The summed E-state index contributed by atoms with van der Waals surface area (Å²) >= 11 is 1.38. The van der Waals surface area contributed by atoms with E-state index in [1.807, 2.05) is 19.1 Å². The fraction of sp³-hybridized carbons (Fsp3) is 0.214. The minimum atomic E-state index is -0.146. The zero-order chi connectivity index (χ0) is 14.1. The summed E-state index contributed by atoms with van der Waals surface area (Å²) < 4.78 is 1.33. The van der Waals surface area contributed by atoms with Gasteiger partial charge >= 0.3 is 0 Å². The first-order valence-electron chi connectivity index (χ1n) is 6.29. The highest BCUT2D eigenvalue weighted by atomic mass is 32.1. The van der Waals surface area contributed by atoms with Crippen molar-refractivity contribution in [3.63, 3.8) is 0 Å². The van der Waals surface area contributed by atoms with Crippen molar-refractivity contribution in [3.05, 3.63) is 57.5 Å². The number of rotatable bonds is 3. The van der Waals surface area contributed by atoms with E-state index in [1.54, 1.807) is 0 Å². The Labute approximate surface area is 119 Å². The van der Waals surface area contributed by atoms with Crippen LogP contribution in [0.4, 0.5) is 5.13 Å². The Morgan fingerprint density at radius 3 is 2.90 bits per heavy atom. The molecule has 20 heavy (non-hydrogen) atoms. The predicted molar refractivity (Wildman–Crippen MR) is 80.4 cm³/mol. The molecule has 0 aliphatic rings. The quantitative estimate of drug-likeness (QED) is 0.803. The maximum absolute atomic E-state index is 11.8. The number of fused-ring (bicyclic) bond motifs is 1. The van der Waals surface area contributed by atoms with Crippen LogP contribution in [-0.2, 0) is 6.54 Å². The number of hydrogen-bond acceptors (Lipinski definition) is 5. The monoisotopic (exact) mass is 286 g/mol. The van der Waals surface area contributed by atoms with Gasteiger partial charge in [0.1, 0.15) is 0 Å². The Morgan fingerprint density at radius 2 is 2.10 bits per heavy atom. The molecular weight excluding hydrogens is 272 g/mol. The van der Waals surface area contributed by atoms with Crippen LogP contribution in [0.5, 0.6) is 0 Å². The van der Waals surface area contributed by atoms with E-state index in [2.05, 4.69) is 34.5 Å². The second-order valence-electron chi connectivity index (χ2n) is 4.62. The van der Waals surface area contributed by atoms with Crippen molar-refractivity contribution < 1.29 is 0 Å². The van der Waals surface area contributed by atoms with Crippen LogP contribution in [0.2, 0.25) is 0 Å². The summed E-state index contributed by atoms with van der Waals surface area (Å²) in [5, 5.41) is 8.19. The standard InChI is InChI=1S/C14H14N4OS/c1-9-5-3-4-6-11(9)8-15-13-17-18-12(19)7-10(2)16-14(18)20-13/h3-7H,8H2,1-2H3,(H,15,17). The molecule has 2 heterocycles. The minimum absolute atomic E-state index is 0.146. The molecule has 0 aliphatic heterocycles. The molecule has 0 saturated heterocycles. The lowest BCUT2D eigenvalue weighted by Crippen LogP contribution is -2.14. The van der Waals surface area contributed by atoms with E-state index in [0.717, 1.165) is 0 Å². The van der Waals surface area contributed by atoms with Gasteiger partial charge in [0.15, 0.2) is 0 Å². The van der Waals surface area contributed by atoms with Crippen LogP contribution >= 0.6 is 11.3 Å². The van der Waals surface area contributed by atoms with Gasteiger partial charge < -0.3 is 5.32 Å². The zero-order valence-corrected chi connectivity index (χ0v) is 12.1. The van der Waals surface area contributed by atoms with Crippen molar-refractivity contribution in [1.29, 1.82) is 0 Å². The molecule has 102 valence electrons. The molecule has 0 amide bonds. The number of nitrogens with one attached hydrogen (secondary N) is 1. The Kier molecular flexibility index (Phi) is 3.23. The number of aromatic nitrogens is 3. The summed E-state index contributed by atoms with van der Waals surface area (Å²) in [5.74, 6) is 0. The van der Waals surface area contributed by atoms with Crippen molar-refractivity contribution in [2.24, 2.45) is 0 Å². The van der Waals surface area contributed by atoms with Crippen molar-refractivity contribution in [2.45, 2.75) is 20.4 Å². The lowest BCUT2D eigenvalue weighted by molar-refractivity contribution is 0.886. The first-order chi connectivity index (χ1) is 9.63. The highest BCUT2D eigenvalue weighted by Crippen LogP contribution is 2.18. The summed E-state index contributed by atoms with van der Waals surface area (Å²) in [7, 11) is 0. The lowest BCUT2D eigenvalue weighted by Gasteiger charge is -2.05. The molecule has 5 nitrogen and oxygen atoms in total. The summed E-state index contributed by atoms with van der Waals surface area (Å²) in [4.78, 5) is 16.7. The predicted octanol–water partition coefficient (Wildman–Crippen LogP) is 2.38. The van der Waals surface area contributed by atoms with Gasteiger partial charge in [-0.05, 0) is 25.0 Å². The maximum atomic E-state index is 11.8. The van der Waals surface area contributed by atoms with E-state index in [0.29, 0.717) is 22.3 Å².